The van der Waals surface area contributed by atoms with Gasteiger partial charge in [-0.05, 0) is 74.0 Å². The van der Waals surface area contributed by atoms with Crippen LogP contribution < -0.4 is 4.74 Å². The maximum absolute atomic E-state index is 12.3. The summed E-state index contributed by atoms with van der Waals surface area (Å²) in [6.45, 7) is 4.62. The molecule has 0 bridgehead atoms. The van der Waals surface area contributed by atoms with Crippen LogP contribution in [0.5, 0.6) is 5.75 Å². The zero-order chi connectivity index (χ0) is 16.2. The zero-order valence-electron chi connectivity index (χ0n) is 14.6. The lowest BCUT2D eigenvalue weighted by Crippen LogP contribution is -2.24. The van der Waals surface area contributed by atoms with E-state index in [1.54, 1.807) is 0 Å². The van der Waals surface area contributed by atoms with Gasteiger partial charge in [-0.1, -0.05) is 38.8 Å². The number of hydrogen-bond donors (Lipinski definition) is 0. The first-order valence-corrected chi connectivity index (χ1v) is 9.43. The second-order valence-corrected chi connectivity index (χ2v) is 7.90. The number of benzene rings is 1. The van der Waals surface area contributed by atoms with Crippen molar-refractivity contribution in [3.05, 3.63) is 29.8 Å². The van der Waals surface area contributed by atoms with Crippen molar-refractivity contribution >= 4 is 5.97 Å². The molecule has 0 radical (unpaired) electrons. The summed E-state index contributed by atoms with van der Waals surface area (Å²) in [7, 11) is 0. The Morgan fingerprint density at radius 3 is 1.91 bits per heavy atom. The third-order valence-electron chi connectivity index (χ3n) is 5.93. The lowest BCUT2D eigenvalue weighted by Gasteiger charge is -2.26. The van der Waals surface area contributed by atoms with Gasteiger partial charge in [-0.2, -0.15) is 0 Å². The quantitative estimate of drug-likeness (QED) is 0.527. The maximum Gasteiger partial charge on any atom is 0.314 e. The molecule has 0 aliphatic heterocycles. The fourth-order valence-electron chi connectivity index (χ4n) is 4.10. The number of carbonyl (C=O) groups excluding carboxylic acids is 1. The van der Waals surface area contributed by atoms with Crippen LogP contribution >= 0.6 is 0 Å². The summed E-state index contributed by atoms with van der Waals surface area (Å²) in [5.41, 5.74) is 1.41. The average Bonchev–Trinajstić information content (AvgIpc) is 2.57. The molecule has 0 unspecified atom stereocenters. The summed E-state index contributed by atoms with van der Waals surface area (Å²) < 4.78 is 5.61. The van der Waals surface area contributed by atoms with Crippen molar-refractivity contribution in [3.8, 4) is 5.75 Å². The topological polar surface area (TPSA) is 26.3 Å². The Morgan fingerprint density at radius 1 is 0.826 bits per heavy atom. The highest BCUT2D eigenvalue weighted by atomic mass is 16.5. The van der Waals surface area contributed by atoms with Crippen LogP contribution in [0.25, 0.3) is 0 Å². The van der Waals surface area contributed by atoms with Crippen molar-refractivity contribution in [2.45, 2.75) is 71.1 Å². The highest BCUT2D eigenvalue weighted by molar-refractivity contribution is 5.75. The number of hydrogen-bond acceptors (Lipinski definition) is 2. The molecule has 1 aromatic rings. The van der Waals surface area contributed by atoms with E-state index in [1.165, 1.54) is 31.2 Å². The average molecular weight is 314 g/mol. The van der Waals surface area contributed by atoms with Crippen molar-refractivity contribution in [3.63, 3.8) is 0 Å². The Balaban J connectivity index is 1.54. The lowest BCUT2D eigenvalue weighted by atomic mass is 9.79. The molecule has 0 atom stereocenters. The Morgan fingerprint density at radius 2 is 1.35 bits per heavy atom. The van der Waals surface area contributed by atoms with Crippen molar-refractivity contribution < 1.29 is 9.53 Å². The van der Waals surface area contributed by atoms with Crippen LogP contribution in [0.1, 0.15) is 76.7 Å². The van der Waals surface area contributed by atoms with Gasteiger partial charge in [-0.15, -0.1) is 0 Å². The van der Waals surface area contributed by atoms with Gasteiger partial charge in [0, 0.05) is 0 Å². The highest BCUT2D eigenvalue weighted by Gasteiger charge is 2.26. The molecule has 0 amide bonds. The summed E-state index contributed by atoms with van der Waals surface area (Å²) in [6.07, 6.45) is 9.53. The Bertz CT molecular complexity index is 503. The van der Waals surface area contributed by atoms with Gasteiger partial charge < -0.3 is 4.74 Å². The normalized spacial score (nSPS) is 31.6. The van der Waals surface area contributed by atoms with E-state index < -0.39 is 0 Å². The molecule has 2 heteroatoms. The first kappa shape index (κ1) is 16.5. The standard InChI is InChI=1S/C21H30O2/c1-15-3-7-17(8-4-15)18-11-13-20(14-12-18)23-21(22)19-9-5-16(2)6-10-19/h11-17,19H,3-10H2,1-2H3/t15-,16-,17-,19-. The van der Waals surface area contributed by atoms with E-state index in [4.69, 9.17) is 4.74 Å². The summed E-state index contributed by atoms with van der Waals surface area (Å²) in [6, 6.07) is 8.28. The minimum atomic E-state index is -0.0314. The molecule has 23 heavy (non-hydrogen) atoms. The predicted molar refractivity (Wildman–Crippen MR) is 93.6 cm³/mol. The zero-order valence-corrected chi connectivity index (χ0v) is 14.6. The molecule has 2 nitrogen and oxygen atoms in total. The Kier molecular flexibility index (Phi) is 5.40. The molecule has 0 N–H and O–H groups in total. The number of rotatable bonds is 3. The smallest absolute Gasteiger partial charge is 0.314 e. The van der Waals surface area contributed by atoms with Gasteiger partial charge in [0.1, 0.15) is 5.75 Å². The van der Waals surface area contributed by atoms with Crippen LogP contribution in [0.2, 0.25) is 0 Å². The van der Waals surface area contributed by atoms with E-state index in [1.807, 2.05) is 12.1 Å². The molecule has 0 aromatic heterocycles. The fourth-order valence-corrected chi connectivity index (χ4v) is 4.10. The first-order valence-electron chi connectivity index (χ1n) is 9.43. The van der Waals surface area contributed by atoms with Crippen LogP contribution in [-0.4, -0.2) is 5.97 Å². The molecule has 0 spiro atoms. The van der Waals surface area contributed by atoms with Gasteiger partial charge in [-0.3, -0.25) is 4.79 Å². The van der Waals surface area contributed by atoms with Gasteiger partial charge in [0.25, 0.3) is 0 Å². The summed E-state index contributed by atoms with van der Waals surface area (Å²) in [4.78, 5) is 12.3. The molecule has 2 fully saturated rings. The molecule has 126 valence electrons. The van der Waals surface area contributed by atoms with Gasteiger partial charge >= 0.3 is 5.97 Å². The highest BCUT2D eigenvalue weighted by Crippen LogP contribution is 2.36. The fraction of sp³-hybridized carbons (Fsp3) is 0.667. The number of ether oxygens (including phenoxy) is 1. The van der Waals surface area contributed by atoms with E-state index in [0.29, 0.717) is 11.7 Å². The number of carbonyl (C=O) groups is 1. The second-order valence-electron chi connectivity index (χ2n) is 7.90. The molecule has 3 rings (SSSR count). The lowest BCUT2D eigenvalue weighted by molar-refractivity contribution is -0.140. The SMILES string of the molecule is C[C@H]1CC[C@H](C(=O)Oc2ccc([C@H]3CC[C@H](C)CC3)cc2)CC1. The second kappa shape index (κ2) is 7.51. The Labute approximate surface area is 140 Å². The van der Waals surface area contributed by atoms with Crippen LogP contribution in [0.15, 0.2) is 24.3 Å². The van der Waals surface area contributed by atoms with E-state index >= 15 is 0 Å². The molecule has 2 saturated carbocycles. The van der Waals surface area contributed by atoms with E-state index in [9.17, 15) is 4.79 Å². The van der Waals surface area contributed by atoms with Gasteiger partial charge in [0.15, 0.2) is 0 Å². The van der Waals surface area contributed by atoms with Crippen molar-refractivity contribution in [1.29, 1.82) is 0 Å². The van der Waals surface area contributed by atoms with E-state index in [2.05, 4.69) is 26.0 Å². The monoisotopic (exact) mass is 314 g/mol. The van der Waals surface area contributed by atoms with Crippen LogP contribution in [-0.2, 0) is 4.79 Å². The van der Waals surface area contributed by atoms with Gasteiger partial charge in [0.2, 0.25) is 0 Å². The minimum Gasteiger partial charge on any atom is -0.426 e. The van der Waals surface area contributed by atoms with E-state index in [-0.39, 0.29) is 11.9 Å². The largest absolute Gasteiger partial charge is 0.426 e. The van der Waals surface area contributed by atoms with Crippen molar-refractivity contribution in [1.82, 2.24) is 0 Å². The van der Waals surface area contributed by atoms with Crippen LogP contribution in [0.3, 0.4) is 0 Å². The summed E-state index contributed by atoms with van der Waals surface area (Å²) in [5, 5.41) is 0. The van der Waals surface area contributed by atoms with E-state index in [0.717, 1.165) is 37.5 Å². The first-order chi connectivity index (χ1) is 11.1. The van der Waals surface area contributed by atoms with Gasteiger partial charge in [-0.25, -0.2) is 0 Å². The van der Waals surface area contributed by atoms with Crippen LogP contribution in [0, 0.1) is 17.8 Å². The molecule has 2 aliphatic rings. The predicted octanol–water partition coefficient (Wildman–Crippen LogP) is 5.71. The summed E-state index contributed by atoms with van der Waals surface area (Å²) in [5.74, 6) is 3.11. The third-order valence-corrected chi connectivity index (χ3v) is 5.93. The molecular weight excluding hydrogens is 284 g/mol. The molecule has 1 aromatic carbocycles. The third kappa shape index (κ3) is 4.37. The maximum atomic E-state index is 12.3. The van der Waals surface area contributed by atoms with Crippen molar-refractivity contribution in [2.75, 3.05) is 0 Å². The number of esters is 1. The minimum absolute atomic E-state index is 0.0314. The molecule has 0 saturated heterocycles. The Hall–Kier alpha value is -1.31. The molecule has 0 heterocycles. The molecule has 2 aliphatic carbocycles. The van der Waals surface area contributed by atoms with Crippen molar-refractivity contribution in [2.24, 2.45) is 17.8 Å². The van der Waals surface area contributed by atoms with Gasteiger partial charge in [0.05, 0.1) is 5.92 Å². The van der Waals surface area contributed by atoms with Crippen LogP contribution in [0.4, 0.5) is 0 Å². The molecular formula is C21H30O2. The summed E-state index contributed by atoms with van der Waals surface area (Å²) >= 11 is 0.